The quantitative estimate of drug-likeness (QED) is 0.111. The molecule has 26 aromatic rings. The van der Waals surface area contributed by atoms with Crippen LogP contribution in [0.15, 0.2) is 461 Å². The fourth-order valence-electron chi connectivity index (χ4n) is 19.7. The van der Waals surface area contributed by atoms with Crippen LogP contribution in [-0.4, -0.2) is 39.9 Å². The van der Waals surface area contributed by atoms with E-state index in [-0.39, 0.29) is 0 Å². The average molecular weight is 1680 g/mol. The minimum Gasteiger partial charge on any atom is -0.247 e. The maximum atomic E-state index is 5.36. The van der Waals surface area contributed by atoms with Gasteiger partial charge in [-0.1, -0.05) is 425 Å². The third-order valence-electron chi connectivity index (χ3n) is 26.2. The van der Waals surface area contributed by atoms with E-state index in [4.69, 9.17) is 39.9 Å². The van der Waals surface area contributed by atoms with Gasteiger partial charge in [-0.05, 0) is 167 Å². The van der Waals surface area contributed by atoms with Gasteiger partial charge in [0.1, 0.15) is 0 Å². The van der Waals surface area contributed by atoms with E-state index in [1.54, 1.807) is 0 Å². The first kappa shape index (κ1) is 76.7. The first-order valence-electron chi connectivity index (χ1n) is 44.7. The van der Waals surface area contributed by atoms with Crippen LogP contribution in [-0.2, 0) is 0 Å². The van der Waals surface area contributed by atoms with Crippen LogP contribution < -0.4 is 0 Å². The Morgan fingerprint density at radius 3 is 0.758 bits per heavy atom. The number of rotatable bonds is 12. The molecule has 4 aromatic heterocycles. The fraction of sp³-hybridized carbons (Fsp3) is 0. The minimum absolute atomic E-state index is 0.619. The SMILES string of the molecule is c1ccc(-c2ccc3nc(-c4ccc(-c5ccc(-c6nc(-c7cc8ccccc8c8ccccc78)nc(-c7cc8ccccc8c8ccccc78)n6)cc5)cc4)c4ccc5ccccc5c4c3c2)cc1.c1ccc(-c2ccc3nc(-c4ccc(-c5ccc(-c6nc(-c7cccc8ccccc78)nc(-c7cccc8ccccc78)n6)cc5)cc4)c4ccc5ccccc5c4c3c2)cc1. The van der Waals surface area contributed by atoms with Crippen LogP contribution in [0.4, 0.5) is 0 Å². The molecule has 0 aliphatic carbocycles. The Hall–Kier alpha value is -17.7. The van der Waals surface area contributed by atoms with E-state index in [0.29, 0.717) is 34.9 Å². The third kappa shape index (κ3) is 13.7. The largest absolute Gasteiger partial charge is 0.247 e. The van der Waals surface area contributed by atoms with E-state index in [0.717, 1.165) is 154 Å². The Morgan fingerprint density at radius 2 is 0.379 bits per heavy atom. The van der Waals surface area contributed by atoms with Crippen LogP contribution in [0, 0.1) is 0 Å². The summed E-state index contributed by atoms with van der Waals surface area (Å²) < 4.78 is 0. The Labute approximate surface area is 760 Å². The maximum absolute atomic E-state index is 5.36. The summed E-state index contributed by atoms with van der Waals surface area (Å²) in [6.45, 7) is 0. The molecule has 0 amide bonds. The molecule has 0 saturated heterocycles. The second-order valence-electron chi connectivity index (χ2n) is 33.9. The van der Waals surface area contributed by atoms with Gasteiger partial charge in [0.05, 0.1) is 22.4 Å². The van der Waals surface area contributed by atoms with Crippen LogP contribution in [0.1, 0.15) is 0 Å². The zero-order valence-electron chi connectivity index (χ0n) is 71.5. The fourth-order valence-corrected chi connectivity index (χ4v) is 19.7. The van der Waals surface area contributed by atoms with Gasteiger partial charge in [-0.25, -0.2) is 39.9 Å². The monoisotopic (exact) mass is 1680 g/mol. The van der Waals surface area contributed by atoms with Crippen molar-refractivity contribution in [3.8, 4) is 135 Å². The second-order valence-corrected chi connectivity index (χ2v) is 33.9. The second kappa shape index (κ2) is 32.3. The zero-order chi connectivity index (χ0) is 87.1. The normalized spacial score (nSPS) is 11.6. The van der Waals surface area contributed by atoms with Crippen molar-refractivity contribution in [1.82, 2.24) is 39.9 Å². The molecule has 0 N–H and O–H groups in total. The van der Waals surface area contributed by atoms with E-state index in [1.807, 2.05) is 0 Å². The van der Waals surface area contributed by atoms with Gasteiger partial charge in [-0.3, -0.25) is 0 Å². The molecule has 8 nitrogen and oxygen atoms in total. The summed E-state index contributed by atoms with van der Waals surface area (Å²) >= 11 is 0. The van der Waals surface area contributed by atoms with E-state index in [9.17, 15) is 0 Å². The van der Waals surface area contributed by atoms with Crippen molar-refractivity contribution in [3.63, 3.8) is 0 Å². The highest BCUT2D eigenvalue weighted by atomic mass is 15.0. The molecule has 4 heterocycles. The molecule has 0 spiro atoms. The highest BCUT2D eigenvalue weighted by molar-refractivity contribution is 6.25. The zero-order valence-corrected chi connectivity index (χ0v) is 71.5. The lowest BCUT2D eigenvalue weighted by atomic mass is 9.93. The molecule has 0 bridgehead atoms. The number of benzene rings is 22. The van der Waals surface area contributed by atoms with Gasteiger partial charge in [0, 0.05) is 76.8 Å². The van der Waals surface area contributed by atoms with Crippen molar-refractivity contribution in [1.29, 1.82) is 0 Å². The number of nitrogens with zero attached hydrogens (tertiary/aromatic N) is 8. The predicted molar refractivity (Wildman–Crippen MR) is 551 cm³/mol. The summed E-state index contributed by atoms with van der Waals surface area (Å²) in [6.07, 6.45) is 0. The van der Waals surface area contributed by atoms with Crippen molar-refractivity contribution in [3.05, 3.63) is 461 Å². The summed E-state index contributed by atoms with van der Waals surface area (Å²) in [5, 5.41) is 25.6. The number of fused-ring (bicyclic) bond motifs is 18. The lowest BCUT2D eigenvalue weighted by Gasteiger charge is -2.15. The van der Waals surface area contributed by atoms with Crippen molar-refractivity contribution < 1.29 is 0 Å². The molecule has 0 radical (unpaired) electrons. The molecule has 8 heteroatoms. The van der Waals surface area contributed by atoms with E-state index >= 15 is 0 Å². The van der Waals surface area contributed by atoms with Crippen LogP contribution in [0.3, 0.4) is 0 Å². The Kier molecular flexibility index (Phi) is 18.8. The molecule has 22 aromatic carbocycles. The highest BCUT2D eigenvalue weighted by Gasteiger charge is 2.24. The van der Waals surface area contributed by atoms with Crippen molar-refractivity contribution in [2.75, 3.05) is 0 Å². The number of aromatic nitrogens is 8. The lowest BCUT2D eigenvalue weighted by molar-refractivity contribution is 1.08. The number of hydrogen-bond acceptors (Lipinski definition) is 8. The highest BCUT2D eigenvalue weighted by Crippen LogP contribution is 2.45. The van der Waals surface area contributed by atoms with Gasteiger partial charge in [0.25, 0.3) is 0 Å². The molecule has 0 unspecified atom stereocenters. The van der Waals surface area contributed by atoms with E-state index < -0.39 is 0 Å². The topological polar surface area (TPSA) is 103 Å². The minimum atomic E-state index is 0.619. The van der Waals surface area contributed by atoms with Gasteiger partial charge in [-0.15, -0.1) is 0 Å². The van der Waals surface area contributed by atoms with Gasteiger partial charge < -0.3 is 0 Å². The molecule has 612 valence electrons. The number of hydrogen-bond donors (Lipinski definition) is 0. The summed E-state index contributed by atoms with van der Waals surface area (Å²) in [5.41, 5.74) is 21.0. The van der Waals surface area contributed by atoms with Gasteiger partial charge in [-0.2, -0.15) is 0 Å². The Morgan fingerprint density at radius 1 is 0.114 bits per heavy atom. The molecular formula is C124H76N8. The summed E-state index contributed by atoms with van der Waals surface area (Å²) in [4.78, 5) is 42.1. The molecule has 0 saturated carbocycles. The van der Waals surface area contributed by atoms with Crippen LogP contribution in [0.25, 0.3) is 265 Å². The van der Waals surface area contributed by atoms with Gasteiger partial charge in [0.15, 0.2) is 34.9 Å². The van der Waals surface area contributed by atoms with E-state index in [1.165, 1.54) is 76.1 Å². The Bertz CT molecular complexity index is 8880. The molecular weight excluding hydrogens is 1600 g/mol. The smallest absolute Gasteiger partial charge is 0.164 e. The van der Waals surface area contributed by atoms with Crippen molar-refractivity contribution in [2.45, 2.75) is 0 Å². The first-order valence-corrected chi connectivity index (χ1v) is 44.7. The van der Waals surface area contributed by atoms with Crippen molar-refractivity contribution >= 4 is 130 Å². The standard InChI is InChI=1S/C66H40N4.C58H36N4/c1-2-14-41(15-3-1)47-35-37-61-60(38-47)62-52-21-9-4-16-44(52)34-36-57(62)63(67-61)45-30-26-42(27-31-45)43-28-32-46(33-29-43)64-68-65(58-39-48-17-5-7-19-50(48)53-22-10-12-24-55(53)58)70-66(69-64)59-40-49-18-6-8-20-51(49)54-23-11-13-25-56(54)59;1-2-12-37(13-3-1)45-33-35-53-52(36-45)54-48-21-9-6-16-42(48)32-34-51(54)55(59-53)43-28-24-38(25-29-43)39-26-30-44(31-27-39)56-60-57(49-22-10-17-40-14-4-7-19-46(40)49)62-58(61-56)50-23-11-18-41-15-5-8-20-47(41)50/h1-40H;1-36H. The Balaban J connectivity index is 0.000000143. The van der Waals surface area contributed by atoms with Crippen molar-refractivity contribution in [2.24, 2.45) is 0 Å². The molecule has 0 aliphatic rings. The summed E-state index contributed by atoms with van der Waals surface area (Å²) in [7, 11) is 0. The number of pyridine rings is 2. The predicted octanol–water partition coefficient (Wildman–Crippen LogP) is 32.4. The molecule has 132 heavy (non-hydrogen) atoms. The van der Waals surface area contributed by atoms with Gasteiger partial charge in [0.2, 0.25) is 0 Å². The van der Waals surface area contributed by atoms with Crippen LogP contribution >= 0.6 is 0 Å². The maximum Gasteiger partial charge on any atom is 0.164 e. The third-order valence-corrected chi connectivity index (χ3v) is 26.2. The molecule has 0 fully saturated rings. The van der Waals surface area contributed by atoms with Crippen LogP contribution in [0.5, 0.6) is 0 Å². The lowest BCUT2D eigenvalue weighted by Crippen LogP contribution is -2.01. The molecule has 26 rings (SSSR count). The summed E-state index contributed by atoms with van der Waals surface area (Å²) in [5.74, 6) is 3.82. The average Bonchev–Trinajstić information content (AvgIpc) is 0.738. The summed E-state index contributed by atoms with van der Waals surface area (Å²) in [6, 6.07) is 164. The van der Waals surface area contributed by atoms with Crippen LogP contribution in [0.2, 0.25) is 0 Å². The van der Waals surface area contributed by atoms with E-state index in [2.05, 4.69) is 461 Å². The molecule has 0 aliphatic heterocycles. The first-order chi connectivity index (χ1) is 65.4. The van der Waals surface area contributed by atoms with Gasteiger partial charge >= 0.3 is 0 Å². The molecule has 0 atom stereocenters.